The number of benzene rings is 1. The van der Waals surface area contributed by atoms with Crippen LogP contribution in [0.15, 0.2) is 42.6 Å². The molecular formula is C11H7ClFN. The van der Waals surface area contributed by atoms with Gasteiger partial charge in [-0.1, -0.05) is 17.7 Å². The molecule has 14 heavy (non-hydrogen) atoms. The number of aromatic nitrogens is 1. The van der Waals surface area contributed by atoms with Gasteiger partial charge >= 0.3 is 0 Å². The molecule has 0 saturated carbocycles. The van der Waals surface area contributed by atoms with Gasteiger partial charge in [-0.3, -0.25) is 4.98 Å². The molecule has 0 aliphatic carbocycles. The molecule has 1 aromatic carbocycles. The summed E-state index contributed by atoms with van der Waals surface area (Å²) in [5.41, 5.74) is 1.41. The normalized spacial score (nSPS) is 10.1. The van der Waals surface area contributed by atoms with E-state index in [1.165, 1.54) is 12.1 Å². The Hall–Kier alpha value is -1.41. The van der Waals surface area contributed by atoms with Gasteiger partial charge in [0, 0.05) is 16.8 Å². The average molecular weight is 208 g/mol. The molecule has 0 radical (unpaired) electrons. The van der Waals surface area contributed by atoms with E-state index in [0.717, 1.165) is 0 Å². The first kappa shape index (κ1) is 9.16. The monoisotopic (exact) mass is 207 g/mol. The third-order valence-electron chi connectivity index (χ3n) is 1.82. The molecule has 0 saturated heterocycles. The molecule has 0 fully saturated rings. The second kappa shape index (κ2) is 3.76. The maximum absolute atomic E-state index is 13.0. The fourth-order valence-electron chi connectivity index (χ4n) is 1.24. The lowest BCUT2D eigenvalue weighted by atomic mass is 10.1. The highest BCUT2D eigenvalue weighted by Crippen LogP contribution is 2.22. The van der Waals surface area contributed by atoms with Gasteiger partial charge < -0.3 is 0 Å². The maximum atomic E-state index is 13.0. The smallest absolute Gasteiger partial charge is 0.125 e. The zero-order valence-corrected chi connectivity index (χ0v) is 8.00. The first-order valence-electron chi connectivity index (χ1n) is 4.13. The van der Waals surface area contributed by atoms with Crippen LogP contribution in [-0.2, 0) is 0 Å². The van der Waals surface area contributed by atoms with Crippen LogP contribution in [0, 0.1) is 5.82 Å². The Labute approximate surface area is 86.2 Å². The Morgan fingerprint density at radius 1 is 1.14 bits per heavy atom. The van der Waals surface area contributed by atoms with Crippen molar-refractivity contribution < 1.29 is 4.39 Å². The molecule has 1 nitrogen and oxygen atoms in total. The van der Waals surface area contributed by atoms with Crippen molar-refractivity contribution in [3.8, 4) is 11.3 Å². The molecule has 70 valence electrons. The molecule has 0 aliphatic rings. The second-order valence-corrected chi connectivity index (χ2v) is 3.31. The van der Waals surface area contributed by atoms with E-state index in [-0.39, 0.29) is 5.82 Å². The highest BCUT2D eigenvalue weighted by Gasteiger charge is 2.01. The first-order chi connectivity index (χ1) is 6.75. The molecule has 0 unspecified atom stereocenters. The van der Waals surface area contributed by atoms with Gasteiger partial charge in [0.1, 0.15) is 5.82 Å². The maximum Gasteiger partial charge on any atom is 0.125 e. The lowest BCUT2D eigenvalue weighted by Gasteiger charge is -2.00. The van der Waals surface area contributed by atoms with Crippen molar-refractivity contribution in [1.29, 1.82) is 0 Å². The molecule has 0 spiro atoms. The van der Waals surface area contributed by atoms with E-state index in [0.29, 0.717) is 16.3 Å². The van der Waals surface area contributed by atoms with Crippen LogP contribution < -0.4 is 0 Å². The minimum atomic E-state index is -0.349. The topological polar surface area (TPSA) is 12.9 Å². The van der Waals surface area contributed by atoms with E-state index in [2.05, 4.69) is 4.98 Å². The Balaban J connectivity index is 2.52. The van der Waals surface area contributed by atoms with Gasteiger partial charge in [0.15, 0.2) is 0 Å². The molecule has 1 heterocycles. The number of halogens is 2. The Bertz CT molecular complexity index is 422. The van der Waals surface area contributed by atoms with Crippen molar-refractivity contribution in [3.63, 3.8) is 0 Å². The average Bonchev–Trinajstić information content (AvgIpc) is 2.18. The van der Waals surface area contributed by atoms with Crippen molar-refractivity contribution in [2.75, 3.05) is 0 Å². The summed E-state index contributed by atoms with van der Waals surface area (Å²) in [5.74, 6) is -0.349. The Morgan fingerprint density at radius 3 is 2.64 bits per heavy atom. The molecule has 0 bridgehead atoms. The molecule has 0 atom stereocenters. The fourth-order valence-corrected chi connectivity index (χ4v) is 1.46. The third kappa shape index (κ3) is 1.91. The minimum Gasteiger partial charge on any atom is -0.256 e. The van der Waals surface area contributed by atoms with Gasteiger partial charge in [0.2, 0.25) is 0 Å². The van der Waals surface area contributed by atoms with Crippen molar-refractivity contribution >= 4 is 11.6 Å². The minimum absolute atomic E-state index is 0.349. The zero-order valence-electron chi connectivity index (χ0n) is 7.24. The number of hydrogen-bond acceptors (Lipinski definition) is 1. The first-order valence-corrected chi connectivity index (χ1v) is 4.51. The van der Waals surface area contributed by atoms with Gasteiger partial charge in [0.05, 0.1) is 5.69 Å². The Morgan fingerprint density at radius 2 is 2.00 bits per heavy atom. The quantitative estimate of drug-likeness (QED) is 0.697. The van der Waals surface area contributed by atoms with Crippen molar-refractivity contribution in [1.82, 2.24) is 4.98 Å². The van der Waals surface area contributed by atoms with E-state index in [9.17, 15) is 4.39 Å². The van der Waals surface area contributed by atoms with E-state index < -0.39 is 0 Å². The molecule has 0 aliphatic heterocycles. The highest BCUT2D eigenvalue weighted by atomic mass is 35.5. The standard InChI is InChI=1S/C11H7ClFN/c12-9-5-8(6-10(13)7-9)11-3-1-2-4-14-11/h1-7H. The van der Waals surface area contributed by atoms with Crippen LogP contribution >= 0.6 is 11.6 Å². The van der Waals surface area contributed by atoms with Crippen LogP contribution in [0.3, 0.4) is 0 Å². The summed E-state index contributed by atoms with van der Waals surface area (Å²) < 4.78 is 13.0. The van der Waals surface area contributed by atoms with Gasteiger partial charge in [-0.25, -0.2) is 4.39 Å². The second-order valence-electron chi connectivity index (χ2n) is 2.87. The summed E-state index contributed by atoms with van der Waals surface area (Å²) >= 11 is 5.73. The Kier molecular flexibility index (Phi) is 2.46. The van der Waals surface area contributed by atoms with Gasteiger partial charge in [0.25, 0.3) is 0 Å². The lowest BCUT2D eigenvalue weighted by molar-refractivity contribution is 0.628. The largest absolute Gasteiger partial charge is 0.256 e. The molecule has 2 aromatic rings. The van der Waals surface area contributed by atoms with Crippen LogP contribution in [0.5, 0.6) is 0 Å². The third-order valence-corrected chi connectivity index (χ3v) is 2.04. The number of rotatable bonds is 1. The van der Waals surface area contributed by atoms with Crippen molar-refractivity contribution in [2.45, 2.75) is 0 Å². The van der Waals surface area contributed by atoms with Crippen LogP contribution in [-0.4, -0.2) is 4.98 Å². The van der Waals surface area contributed by atoms with Crippen LogP contribution in [0.1, 0.15) is 0 Å². The molecular weight excluding hydrogens is 201 g/mol. The van der Waals surface area contributed by atoms with Gasteiger partial charge in [-0.2, -0.15) is 0 Å². The summed E-state index contributed by atoms with van der Waals surface area (Å²) in [6.45, 7) is 0. The van der Waals surface area contributed by atoms with Gasteiger partial charge in [-0.15, -0.1) is 0 Å². The predicted octanol–water partition coefficient (Wildman–Crippen LogP) is 3.54. The van der Waals surface area contributed by atoms with Crippen LogP contribution in [0.2, 0.25) is 5.02 Å². The summed E-state index contributed by atoms with van der Waals surface area (Å²) in [4.78, 5) is 4.11. The summed E-state index contributed by atoms with van der Waals surface area (Å²) in [6.07, 6.45) is 1.66. The zero-order chi connectivity index (χ0) is 9.97. The highest BCUT2D eigenvalue weighted by molar-refractivity contribution is 6.30. The van der Waals surface area contributed by atoms with E-state index >= 15 is 0 Å². The fraction of sp³-hybridized carbons (Fsp3) is 0. The van der Waals surface area contributed by atoms with Crippen LogP contribution in [0.25, 0.3) is 11.3 Å². The SMILES string of the molecule is Fc1cc(Cl)cc(-c2ccccn2)c1. The molecule has 2 rings (SSSR count). The summed E-state index contributed by atoms with van der Waals surface area (Å²) in [6, 6.07) is 9.84. The van der Waals surface area contributed by atoms with Crippen LogP contribution in [0.4, 0.5) is 4.39 Å². The van der Waals surface area contributed by atoms with E-state index in [1.807, 2.05) is 18.2 Å². The molecule has 1 aromatic heterocycles. The summed E-state index contributed by atoms with van der Waals surface area (Å²) in [7, 11) is 0. The molecule has 0 amide bonds. The summed E-state index contributed by atoms with van der Waals surface area (Å²) in [5, 5.41) is 0.380. The van der Waals surface area contributed by atoms with Crippen molar-refractivity contribution in [2.24, 2.45) is 0 Å². The predicted molar refractivity (Wildman–Crippen MR) is 54.6 cm³/mol. The number of hydrogen-bond donors (Lipinski definition) is 0. The van der Waals surface area contributed by atoms with Crippen molar-refractivity contribution in [3.05, 3.63) is 53.4 Å². The van der Waals surface area contributed by atoms with E-state index in [4.69, 9.17) is 11.6 Å². The molecule has 0 N–H and O–H groups in total. The van der Waals surface area contributed by atoms with E-state index in [1.54, 1.807) is 12.3 Å². The number of pyridine rings is 1. The number of nitrogens with zero attached hydrogens (tertiary/aromatic N) is 1. The lowest BCUT2D eigenvalue weighted by Crippen LogP contribution is -1.83. The van der Waals surface area contributed by atoms with Gasteiger partial charge in [-0.05, 0) is 30.3 Å². The molecule has 3 heteroatoms.